The van der Waals surface area contributed by atoms with E-state index < -0.39 is 23.5 Å². The standard InChI is InChI=1S/C23H26FN3O4/c1-3-31-16-4-5-18(24)17(11-16)15-7-9-25-19(10-15)20-6-8-23(27(20)22(29)30)12-14(2)26-21(28)13-23/h4-5,7,9-11,14,20H,3,6,8,12-13H2,1-2H3,(H,26,28)(H,29,30)/t14-,20-,23?/m0/s1. The number of hydrogen-bond acceptors (Lipinski definition) is 4. The molecule has 31 heavy (non-hydrogen) atoms. The van der Waals surface area contributed by atoms with Crippen LogP contribution in [0.1, 0.15) is 51.3 Å². The summed E-state index contributed by atoms with van der Waals surface area (Å²) in [6, 6.07) is 7.41. The first-order valence-electron chi connectivity index (χ1n) is 10.5. The number of pyridine rings is 1. The zero-order valence-corrected chi connectivity index (χ0v) is 17.6. The SMILES string of the molecule is CCOc1ccc(F)c(-c2ccnc([C@@H]3CCC4(CC(=O)N[C@@H](C)C4)N3C(=O)O)c2)c1. The van der Waals surface area contributed by atoms with Gasteiger partial charge in [0, 0.05) is 17.8 Å². The molecule has 2 N–H and O–H groups in total. The Morgan fingerprint density at radius 1 is 1.39 bits per heavy atom. The molecule has 2 amide bonds. The average molecular weight is 427 g/mol. The minimum atomic E-state index is -1.07. The van der Waals surface area contributed by atoms with Gasteiger partial charge in [-0.3, -0.25) is 14.7 Å². The van der Waals surface area contributed by atoms with Crippen molar-refractivity contribution in [2.45, 2.75) is 57.2 Å². The zero-order valence-electron chi connectivity index (χ0n) is 17.6. The Kier molecular flexibility index (Phi) is 5.56. The van der Waals surface area contributed by atoms with Crippen LogP contribution in [0.15, 0.2) is 36.5 Å². The predicted octanol–water partition coefficient (Wildman–Crippen LogP) is 4.14. The molecule has 4 rings (SSSR count). The smallest absolute Gasteiger partial charge is 0.408 e. The van der Waals surface area contributed by atoms with Gasteiger partial charge in [-0.05, 0) is 69.0 Å². The van der Waals surface area contributed by atoms with Gasteiger partial charge in [-0.2, -0.15) is 0 Å². The summed E-state index contributed by atoms with van der Waals surface area (Å²) >= 11 is 0. The molecule has 2 aromatic rings. The second kappa shape index (κ2) is 8.17. The van der Waals surface area contributed by atoms with Gasteiger partial charge in [0.15, 0.2) is 0 Å². The minimum Gasteiger partial charge on any atom is -0.494 e. The van der Waals surface area contributed by atoms with Crippen molar-refractivity contribution < 1.29 is 23.8 Å². The van der Waals surface area contributed by atoms with Crippen molar-refractivity contribution in [2.75, 3.05) is 6.61 Å². The number of benzene rings is 1. The quantitative estimate of drug-likeness (QED) is 0.765. The molecular formula is C23H26FN3O4. The molecule has 8 heteroatoms. The van der Waals surface area contributed by atoms with Crippen LogP contribution >= 0.6 is 0 Å². The maximum atomic E-state index is 14.6. The number of carbonyl (C=O) groups is 2. The number of amides is 2. The molecule has 7 nitrogen and oxygen atoms in total. The van der Waals surface area contributed by atoms with Crippen LogP contribution in [-0.4, -0.2) is 45.2 Å². The van der Waals surface area contributed by atoms with E-state index in [1.165, 1.54) is 11.0 Å². The van der Waals surface area contributed by atoms with Crippen LogP contribution in [0.25, 0.3) is 11.1 Å². The van der Waals surface area contributed by atoms with E-state index in [4.69, 9.17) is 4.74 Å². The molecule has 0 aliphatic carbocycles. The first-order valence-corrected chi connectivity index (χ1v) is 10.5. The summed E-state index contributed by atoms with van der Waals surface area (Å²) in [5.74, 6) is 0.0324. The van der Waals surface area contributed by atoms with Crippen LogP contribution in [-0.2, 0) is 4.79 Å². The molecule has 2 aliphatic heterocycles. The number of aromatic nitrogens is 1. The number of halogens is 1. The van der Waals surface area contributed by atoms with Crippen molar-refractivity contribution in [3.05, 3.63) is 48.0 Å². The highest BCUT2D eigenvalue weighted by atomic mass is 19.1. The lowest BCUT2D eigenvalue weighted by Gasteiger charge is -2.43. The normalized spacial score (nSPS) is 25.5. The number of piperidine rings is 1. The lowest BCUT2D eigenvalue weighted by Crippen LogP contribution is -2.57. The molecule has 1 spiro atoms. The minimum absolute atomic E-state index is 0.100. The maximum Gasteiger partial charge on any atom is 0.408 e. The highest BCUT2D eigenvalue weighted by Gasteiger charge is 2.53. The molecule has 1 unspecified atom stereocenters. The lowest BCUT2D eigenvalue weighted by molar-refractivity contribution is -0.127. The van der Waals surface area contributed by atoms with Crippen molar-refractivity contribution >= 4 is 12.0 Å². The van der Waals surface area contributed by atoms with Gasteiger partial charge in [0.25, 0.3) is 0 Å². The fourth-order valence-corrected chi connectivity index (χ4v) is 5.07. The van der Waals surface area contributed by atoms with Gasteiger partial charge in [0.05, 0.1) is 30.3 Å². The molecule has 2 fully saturated rings. The number of nitrogens with one attached hydrogen (secondary N) is 1. The molecule has 164 valence electrons. The molecule has 0 radical (unpaired) electrons. The van der Waals surface area contributed by atoms with Gasteiger partial charge >= 0.3 is 6.09 Å². The summed E-state index contributed by atoms with van der Waals surface area (Å²) in [7, 11) is 0. The van der Waals surface area contributed by atoms with Crippen LogP contribution in [0.2, 0.25) is 0 Å². The molecule has 3 heterocycles. The van der Waals surface area contributed by atoms with E-state index in [1.54, 1.807) is 30.5 Å². The Labute approximate surface area is 180 Å². The number of carbonyl (C=O) groups excluding carboxylic acids is 1. The van der Waals surface area contributed by atoms with Crippen LogP contribution in [0, 0.1) is 5.82 Å². The van der Waals surface area contributed by atoms with E-state index in [-0.39, 0.29) is 18.4 Å². The van der Waals surface area contributed by atoms with Crippen LogP contribution in [0.3, 0.4) is 0 Å². The molecular weight excluding hydrogens is 401 g/mol. The fraction of sp³-hybridized carbons (Fsp3) is 0.435. The third kappa shape index (κ3) is 3.94. The van der Waals surface area contributed by atoms with Gasteiger partial charge in [-0.15, -0.1) is 0 Å². The summed E-state index contributed by atoms with van der Waals surface area (Å²) in [6.45, 7) is 4.21. The Morgan fingerprint density at radius 2 is 2.19 bits per heavy atom. The highest BCUT2D eigenvalue weighted by Crippen LogP contribution is 2.48. The van der Waals surface area contributed by atoms with Crippen LogP contribution < -0.4 is 10.1 Å². The number of likely N-dealkylation sites (tertiary alicyclic amines) is 1. The summed E-state index contributed by atoms with van der Waals surface area (Å²) in [5.41, 5.74) is 0.785. The second-order valence-corrected chi connectivity index (χ2v) is 8.32. The second-order valence-electron chi connectivity index (χ2n) is 8.32. The number of ether oxygens (including phenoxy) is 1. The summed E-state index contributed by atoms with van der Waals surface area (Å²) in [4.78, 5) is 30.3. The maximum absolute atomic E-state index is 14.6. The van der Waals surface area contributed by atoms with Gasteiger partial charge in [-0.1, -0.05) is 0 Å². The molecule has 0 saturated carbocycles. The molecule has 2 saturated heterocycles. The van der Waals surface area contributed by atoms with Gasteiger partial charge < -0.3 is 15.2 Å². The summed E-state index contributed by atoms with van der Waals surface area (Å²) < 4.78 is 20.0. The zero-order chi connectivity index (χ0) is 22.2. The number of carboxylic acid groups (broad SMARTS) is 1. The average Bonchev–Trinajstić information content (AvgIpc) is 3.07. The summed E-state index contributed by atoms with van der Waals surface area (Å²) in [5, 5.41) is 12.9. The Balaban J connectivity index is 1.70. The Bertz CT molecular complexity index is 1010. The Morgan fingerprint density at radius 3 is 2.90 bits per heavy atom. The highest BCUT2D eigenvalue weighted by molar-refractivity contribution is 5.80. The molecule has 1 aromatic carbocycles. The van der Waals surface area contributed by atoms with Crippen molar-refractivity contribution in [1.29, 1.82) is 0 Å². The van der Waals surface area contributed by atoms with Crippen LogP contribution in [0.4, 0.5) is 9.18 Å². The number of rotatable bonds is 4. The van der Waals surface area contributed by atoms with Crippen LogP contribution in [0.5, 0.6) is 5.75 Å². The number of hydrogen-bond donors (Lipinski definition) is 2. The largest absolute Gasteiger partial charge is 0.494 e. The predicted molar refractivity (Wildman–Crippen MR) is 112 cm³/mol. The molecule has 3 atom stereocenters. The van der Waals surface area contributed by atoms with E-state index in [9.17, 15) is 19.1 Å². The van der Waals surface area contributed by atoms with E-state index in [0.717, 1.165) is 0 Å². The third-order valence-corrected chi connectivity index (χ3v) is 6.18. The van der Waals surface area contributed by atoms with Gasteiger partial charge in [0.2, 0.25) is 5.91 Å². The first kappa shape index (κ1) is 21.1. The topological polar surface area (TPSA) is 91.8 Å². The molecule has 0 bridgehead atoms. The van der Waals surface area contributed by atoms with E-state index in [0.29, 0.717) is 48.4 Å². The van der Waals surface area contributed by atoms with Gasteiger partial charge in [-0.25, -0.2) is 9.18 Å². The van der Waals surface area contributed by atoms with E-state index in [2.05, 4.69) is 10.3 Å². The Hall–Kier alpha value is -3.16. The van der Waals surface area contributed by atoms with Crippen molar-refractivity contribution in [2.24, 2.45) is 0 Å². The molecule has 1 aromatic heterocycles. The van der Waals surface area contributed by atoms with Crippen molar-refractivity contribution in [3.63, 3.8) is 0 Å². The summed E-state index contributed by atoms with van der Waals surface area (Å²) in [6.07, 6.45) is 2.35. The lowest BCUT2D eigenvalue weighted by atomic mass is 9.82. The van der Waals surface area contributed by atoms with Crippen molar-refractivity contribution in [3.8, 4) is 16.9 Å². The van der Waals surface area contributed by atoms with E-state index in [1.807, 2.05) is 13.8 Å². The first-order chi connectivity index (χ1) is 14.8. The third-order valence-electron chi connectivity index (χ3n) is 6.18. The van der Waals surface area contributed by atoms with Crippen molar-refractivity contribution in [1.82, 2.24) is 15.2 Å². The fourth-order valence-electron chi connectivity index (χ4n) is 5.07. The number of nitrogens with zero attached hydrogens (tertiary/aromatic N) is 2. The van der Waals surface area contributed by atoms with E-state index >= 15 is 0 Å². The monoisotopic (exact) mass is 427 g/mol. The van der Waals surface area contributed by atoms with Gasteiger partial charge in [0.1, 0.15) is 11.6 Å². The molecule has 2 aliphatic rings.